The number of aryl methyl sites for hydroxylation is 1. The minimum Gasteiger partial charge on any atom is -0.497 e. The molecular weight excluding hydrogens is 198 g/mol. The van der Waals surface area contributed by atoms with Gasteiger partial charge in [0.15, 0.2) is 0 Å². The van der Waals surface area contributed by atoms with Gasteiger partial charge in [0, 0.05) is 11.0 Å². The predicted octanol–water partition coefficient (Wildman–Crippen LogP) is 2.53. The number of rotatable bonds is 3. The lowest BCUT2D eigenvalue weighted by Gasteiger charge is -2.25. The lowest BCUT2D eigenvalue weighted by atomic mass is 9.83. The van der Waals surface area contributed by atoms with Gasteiger partial charge in [-0.3, -0.25) is 0 Å². The minimum absolute atomic E-state index is 0.104. The molecule has 0 saturated heterocycles. The number of hydrogen-bond donors (Lipinski definition) is 1. The number of methoxy groups -OCH3 is 1. The molecule has 0 amide bonds. The van der Waals surface area contributed by atoms with Gasteiger partial charge >= 0.3 is 0 Å². The first-order chi connectivity index (χ1) is 7.61. The Morgan fingerprint density at radius 2 is 1.88 bits per heavy atom. The van der Waals surface area contributed by atoms with Crippen LogP contribution in [0, 0.1) is 6.92 Å². The Bertz CT molecular complexity index is 430. The summed E-state index contributed by atoms with van der Waals surface area (Å²) in [7, 11) is 1.71. The first kappa shape index (κ1) is 10.2. The van der Waals surface area contributed by atoms with Gasteiger partial charge < -0.3 is 10.5 Å². The summed E-state index contributed by atoms with van der Waals surface area (Å²) in [5.74, 6) is 0.943. The number of hydrogen-bond acceptors (Lipinski definition) is 2. The Morgan fingerprint density at radius 1 is 1.19 bits per heavy atom. The summed E-state index contributed by atoms with van der Waals surface area (Å²) >= 11 is 0. The molecule has 0 atom stereocenters. The fraction of sp³-hybridized carbons (Fsp3) is 0.571. The molecule has 0 aliphatic heterocycles. The molecule has 0 heterocycles. The highest BCUT2D eigenvalue weighted by Gasteiger charge is 2.64. The molecule has 0 unspecified atom stereocenters. The quantitative estimate of drug-likeness (QED) is 0.844. The van der Waals surface area contributed by atoms with Gasteiger partial charge in [-0.15, -0.1) is 0 Å². The van der Waals surface area contributed by atoms with Crippen LogP contribution in [0.4, 0.5) is 0 Å². The molecule has 2 aliphatic carbocycles. The third kappa shape index (κ3) is 1.23. The first-order valence-corrected chi connectivity index (χ1v) is 6.05. The molecule has 0 bridgehead atoms. The Kier molecular flexibility index (Phi) is 1.91. The topological polar surface area (TPSA) is 35.2 Å². The van der Waals surface area contributed by atoms with Crippen molar-refractivity contribution in [1.82, 2.24) is 0 Å². The van der Waals surface area contributed by atoms with E-state index in [1.165, 1.54) is 36.8 Å². The van der Waals surface area contributed by atoms with Crippen molar-refractivity contribution in [3.05, 3.63) is 29.3 Å². The molecule has 1 aromatic carbocycles. The number of benzene rings is 1. The van der Waals surface area contributed by atoms with Crippen molar-refractivity contribution in [2.45, 2.75) is 43.6 Å². The maximum Gasteiger partial charge on any atom is 0.119 e. The highest BCUT2D eigenvalue weighted by atomic mass is 16.5. The summed E-state index contributed by atoms with van der Waals surface area (Å²) in [5.41, 5.74) is 9.61. The zero-order valence-corrected chi connectivity index (χ0v) is 10.0. The van der Waals surface area contributed by atoms with Crippen LogP contribution in [0.1, 0.15) is 36.8 Å². The van der Waals surface area contributed by atoms with Gasteiger partial charge in [0.05, 0.1) is 7.11 Å². The van der Waals surface area contributed by atoms with E-state index in [-0.39, 0.29) is 5.54 Å². The van der Waals surface area contributed by atoms with Crippen molar-refractivity contribution in [2.24, 2.45) is 5.73 Å². The van der Waals surface area contributed by atoms with Crippen LogP contribution in [0.15, 0.2) is 18.2 Å². The Balaban J connectivity index is 2.01. The van der Waals surface area contributed by atoms with E-state index in [1.807, 2.05) is 0 Å². The summed E-state index contributed by atoms with van der Waals surface area (Å²) in [6.45, 7) is 2.17. The molecule has 2 aliphatic rings. The lowest BCUT2D eigenvalue weighted by molar-refractivity contribution is 0.413. The highest BCUT2D eigenvalue weighted by Crippen LogP contribution is 2.64. The molecule has 3 rings (SSSR count). The lowest BCUT2D eigenvalue weighted by Crippen LogP contribution is -2.37. The molecule has 2 N–H and O–H groups in total. The molecular formula is C14H19NO. The monoisotopic (exact) mass is 217 g/mol. The van der Waals surface area contributed by atoms with Crippen LogP contribution in [0.2, 0.25) is 0 Å². The summed E-state index contributed by atoms with van der Waals surface area (Å²) in [4.78, 5) is 0. The molecule has 2 saturated carbocycles. The highest BCUT2D eigenvalue weighted by molar-refractivity contribution is 5.47. The van der Waals surface area contributed by atoms with Gasteiger partial charge in [0.2, 0.25) is 0 Å². The van der Waals surface area contributed by atoms with Crippen LogP contribution in [0.5, 0.6) is 5.75 Å². The molecule has 2 nitrogen and oxygen atoms in total. The van der Waals surface area contributed by atoms with Crippen LogP contribution in [0.25, 0.3) is 0 Å². The Labute approximate surface area is 96.8 Å². The minimum atomic E-state index is 0.104. The van der Waals surface area contributed by atoms with Crippen molar-refractivity contribution in [2.75, 3.05) is 7.11 Å². The maximum absolute atomic E-state index is 6.43. The Hall–Kier alpha value is -1.02. The second-order valence-corrected chi connectivity index (χ2v) is 5.42. The zero-order valence-electron chi connectivity index (χ0n) is 10.0. The van der Waals surface area contributed by atoms with Crippen molar-refractivity contribution < 1.29 is 4.74 Å². The average molecular weight is 217 g/mol. The van der Waals surface area contributed by atoms with Gasteiger partial charge in [-0.05, 0) is 55.9 Å². The third-order valence-corrected chi connectivity index (χ3v) is 4.44. The van der Waals surface area contributed by atoms with Crippen LogP contribution < -0.4 is 10.5 Å². The third-order valence-electron chi connectivity index (χ3n) is 4.44. The average Bonchev–Trinajstić information content (AvgIpc) is 3.14. The van der Waals surface area contributed by atoms with Gasteiger partial charge in [0.25, 0.3) is 0 Å². The molecule has 0 spiro atoms. The van der Waals surface area contributed by atoms with E-state index in [0.29, 0.717) is 5.41 Å². The van der Waals surface area contributed by atoms with Crippen LogP contribution in [-0.4, -0.2) is 12.6 Å². The number of ether oxygens (including phenoxy) is 1. The van der Waals surface area contributed by atoms with Gasteiger partial charge in [-0.1, -0.05) is 6.07 Å². The van der Waals surface area contributed by atoms with Gasteiger partial charge in [0.1, 0.15) is 5.75 Å². The van der Waals surface area contributed by atoms with Crippen LogP contribution in [-0.2, 0) is 5.41 Å². The fourth-order valence-electron chi connectivity index (χ4n) is 3.07. The molecule has 2 fully saturated rings. The van der Waals surface area contributed by atoms with Crippen LogP contribution in [0.3, 0.4) is 0 Å². The summed E-state index contributed by atoms with van der Waals surface area (Å²) in [6, 6.07) is 6.41. The second kappa shape index (κ2) is 3.01. The van der Waals surface area contributed by atoms with E-state index in [0.717, 1.165) is 5.75 Å². The molecule has 0 radical (unpaired) electrons. The summed E-state index contributed by atoms with van der Waals surface area (Å²) in [6.07, 6.45) is 4.91. The molecule has 86 valence electrons. The molecule has 2 heteroatoms. The van der Waals surface area contributed by atoms with E-state index in [4.69, 9.17) is 10.5 Å². The van der Waals surface area contributed by atoms with E-state index in [1.54, 1.807) is 7.11 Å². The van der Waals surface area contributed by atoms with Crippen molar-refractivity contribution in [3.8, 4) is 5.75 Å². The van der Waals surface area contributed by atoms with Gasteiger partial charge in [-0.2, -0.15) is 0 Å². The Morgan fingerprint density at radius 3 is 2.31 bits per heavy atom. The van der Waals surface area contributed by atoms with E-state index >= 15 is 0 Å². The molecule has 1 aromatic rings. The van der Waals surface area contributed by atoms with E-state index in [2.05, 4.69) is 25.1 Å². The van der Waals surface area contributed by atoms with Crippen molar-refractivity contribution in [3.63, 3.8) is 0 Å². The van der Waals surface area contributed by atoms with Crippen molar-refractivity contribution >= 4 is 0 Å². The largest absolute Gasteiger partial charge is 0.497 e. The smallest absolute Gasteiger partial charge is 0.119 e. The summed E-state index contributed by atoms with van der Waals surface area (Å²) < 4.78 is 5.25. The van der Waals surface area contributed by atoms with Crippen LogP contribution >= 0.6 is 0 Å². The fourth-order valence-corrected chi connectivity index (χ4v) is 3.07. The number of nitrogens with two attached hydrogens (primary N) is 1. The first-order valence-electron chi connectivity index (χ1n) is 6.05. The summed E-state index contributed by atoms with van der Waals surface area (Å²) in [5, 5.41) is 0. The van der Waals surface area contributed by atoms with E-state index < -0.39 is 0 Å². The molecule has 16 heavy (non-hydrogen) atoms. The maximum atomic E-state index is 6.43. The van der Waals surface area contributed by atoms with E-state index in [9.17, 15) is 0 Å². The standard InChI is InChI=1S/C14H19NO/c1-10-9-11(16-2)3-4-12(10)13(5-6-13)14(15)7-8-14/h3-4,9H,5-8,15H2,1-2H3. The zero-order chi connectivity index (χ0) is 11.4. The van der Waals surface area contributed by atoms with Gasteiger partial charge in [-0.25, -0.2) is 0 Å². The SMILES string of the molecule is COc1ccc(C2(C3(N)CC3)CC2)c(C)c1. The molecule has 0 aromatic heterocycles. The van der Waals surface area contributed by atoms with Crippen molar-refractivity contribution in [1.29, 1.82) is 0 Å². The second-order valence-electron chi connectivity index (χ2n) is 5.42. The normalized spacial score (nSPS) is 23.9. The predicted molar refractivity (Wildman–Crippen MR) is 64.8 cm³/mol.